The molecule has 1 amide bonds. The van der Waals surface area contributed by atoms with Gasteiger partial charge in [0.1, 0.15) is 6.61 Å². The monoisotopic (exact) mass is 566 g/mol. The van der Waals surface area contributed by atoms with E-state index in [2.05, 4.69) is 20.9 Å². The molecule has 3 aromatic rings. The van der Waals surface area contributed by atoms with Crippen LogP contribution in [-0.4, -0.2) is 40.7 Å². The maximum atomic E-state index is 12.8. The second kappa shape index (κ2) is 11.5. The van der Waals surface area contributed by atoms with Gasteiger partial charge in [0, 0.05) is 11.5 Å². The molecule has 1 heterocycles. The fourth-order valence-corrected chi connectivity index (χ4v) is 4.62. The van der Waals surface area contributed by atoms with E-state index in [9.17, 15) is 14.7 Å². The average molecular weight is 567 g/mol. The van der Waals surface area contributed by atoms with Crippen molar-refractivity contribution in [3.05, 3.63) is 92.8 Å². The Morgan fingerprint density at radius 1 is 1.08 bits per heavy atom. The van der Waals surface area contributed by atoms with Crippen molar-refractivity contribution in [1.29, 1.82) is 0 Å². The Bertz CT molecular complexity index is 1350. The van der Waals surface area contributed by atoms with Crippen LogP contribution in [0.1, 0.15) is 28.4 Å². The largest absolute Gasteiger partial charge is 0.490 e. The predicted octanol–water partition coefficient (Wildman–Crippen LogP) is 6.36. The molecule has 1 fully saturated rings. The summed E-state index contributed by atoms with van der Waals surface area (Å²) in [6, 6.07) is 19.7. The minimum atomic E-state index is -1.03. The number of rotatable bonds is 8. The number of likely N-dealkylation sites (N-methyl/N-ethyl adjacent to an activating group) is 1. The molecule has 0 aliphatic carbocycles. The molecule has 0 bridgehead atoms. The lowest BCUT2D eigenvalue weighted by Crippen LogP contribution is -2.23. The van der Waals surface area contributed by atoms with Gasteiger partial charge < -0.3 is 14.6 Å². The molecule has 4 rings (SSSR count). The number of carboxylic acids is 1. The van der Waals surface area contributed by atoms with E-state index in [1.807, 2.05) is 49.4 Å². The molecule has 0 spiro atoms. The van der Waals surface area contributed by atoms with Crippen LogP contribution in [0.3, 0.4) is 0 Å². The molecule has 1 aliphatic heterocycles. The van der Waals surface area contributed by atoms with E-state index in [1.165, 1.54) is 28.8 Å². The zero-order valence-electron chi connectivity index (χ0n) is 19.6. The van der Waals surface area contributed by atoms with Crippen LogP contribution in [0.4, 0.5) is 5.69 Å². The van der Waals surface area contributed by atoms with Crippen LogP contribution >= 0.6 is 27.7 Å². The quantitative estimate of drug-likeness (QED) is 0.319. The summed E-state index contributed by atoms with van der Waals surface area (Å²) >= 11 is 4.66. The Kier molecular flexibility index (Phi) is 8.12. The minimum Gasteiger partial charge on any atom is -0.490 e. The number of aromatic carboxylic acids is 1. The second-order valence-electron chi connectivity index (χ2n) is 7.78. The first-order valence-electron chi connectivity index (χ1n) is 11.1. The standard InChI is InChI=1S/C27H23BrN2O5S/c1-3-34-23-13-18(9-12-22(23)35-16-17-7-10-20(28)11-8-17)14-24-25(31)30(2)27(36-24)29-21-6-4-5-19(15-21)26(32)33/h4-15H,3,16H2,1-2H3,(H,32,33)/b24-14-,29-27?. The van der Waals surface area contributed by atoms with Crippen LogP contribution in [0, 0.1) is 0 Å². The van der Waals surface area contributed by atoms with Gasteiger partial charge in [-0.1, -0.05) is 40.2 Å². The van der Waals surface area contributed by atoms with Gasteiger partial charge >= 0.3 is 5.97 Å². The Morgan fingerprint density at radius 3 is 2.58 bits per heavy atom. The fraction of sp³-hybridized carbons (Fsp3) is 0.148. The number of hydrogen-bond donors (Lipinski definition) is 1. The lowest BCUT2D eigenvalue weighted by atomic mass is 10.1. The van der Waals surface area contributed by atoms with E-state index >= 15 is 0 Å². The van der Waals surface area contributed by atoms with E-state index in [0.29, 0.717) is 40.5 Å². The van der Waals surface area contributed by atoms with Crippen molar-refractivity contribution >= 4 is 56.5 Å². The number of amidine groups is 1. The molecule has 3 aromatic carbocycles. The number of aliphatic imine (C=N–C) groups is 1. The number of amides is 1. The Balaban J connectivity index is 1.54. The molecule has 9 heteroatoms. The molecule has 0 unspecified atom stereocenters. The lowest BCUT2D eigenvalue weighted by Gasteiger charge is -2.13. The van der Waals surface area contributed by atoms with Gasteiger partial charge in [0.2, 0.25) is 0 Å². The van der Waals surface area contributed by atoms with Crippen molar-refractivity contribution in [3.8, 4) is 11.5 Å². The molecule has 1 aliphatic rings. The average Bonchev–Trinajstić information content (AvgIpc) is 3.12. The zero-order valence-corrected chi connectivity index (χ0v) is 22.0. The third-order valence-electron chi connectivity index (χ3n) is 5.19. The molecular formula is C27H23BrN2O5S. The van der Waals surface area contributed by atoms with E-state index in [-0.39, 0.29) is 11.5 Å². The topological polar surface area (TPSA) is 88.4 Å². The summed E-state index contributed by atoms with van der Waals surface area (Å²) in [7, 11) is 1.64. The summed E-state index contributed by atoms with van der Waals surface area (Å²) in [6.45, 7) is 2.77. The Hall–Kier alpha value is -3.56. The molecule has 0 radical (unpaired) electrons. The van der Waals surface area contributed by atoms with Crippen molar-refractivity contribution in [1.82, 2.24) is 4.90 Å². The van der Waals surface area contributed by atoms with Gasteiger partial charge in [0.05, 0.1) is 22.8 Å². The third kappa shape index (κ3) is 6.16. The van der Waals surface area contributed by atoms with Crippen LogP contribution in [0.2, 0.25) is 0 Å². The predicted molar refractivity (Wildman–Crippen MR) is 145 cm³/mol. The minimum absolute atomic E-state index is 0.135. The molecular weight excluding hydrogens is 544 g/mol. The normalized spacial score (nSPS) is 15.5. The van der Waals surface area contributed by atoms with Gasteiger partial charge in [-0.25, -0.2) is 9.79 Å². The number of hydrogen-bond acceptors (Lipinski definition) is 6. The Labute approximate surface area is 221 Å². The first-order chi connectivity index (χ1) is 17.3. The van der Waals surface area contributed by atoms with Crippen LogP contribution < -0.4 is 9.47 Å². The first-order valence-corrected chi connectivity index (χ1v) is 12.7. The van der Waals surface area contributed by atoms with Gasteiger partial charge in [-0.2, -0.15) is 0 Å². The van der Waals surface area contributed by atoms with E-state index in [0.717, 1.165) is 15.6 Å². The van der Waals surface area contributed by atoms with Crippen molar-refractivity contribution in [2.45, 2.75) is 13.5 Å². The molecule has 1 N–H and O–H groups in total. The first kappa shape index (κ1) is 25.5. The zero-order chi connectivity index (χ0) is 25.7. The number of carbonyl (C=O) groups excluding carboxylic acids is 1. The highest BCUT2D eigenvalue weighted by atomic mass is 79.9. The number of halogens is 1. The van der Waals surface area contributed by atoms with Gasteiger partial charge in [0.25, 0.3) is 5.91 Å². The number of ether oxygens (including phenoxy) is 2. The summed E-state index contributed by atoms with van der Waals surface area (Å²) in [5.74, 6) is -0.0192. The van der Waals surface area contributed by atoms with Crippen molar-refractivity contribution in [3.63, 3.8) is 0 Å². The summed E-state index contributed by atoms with van der Waals surface area (Å²) in [6.07, 6.45) is 1.78. The molecule has 0 aromatic heterocycles. The van der Waals surface area contributed by atoms with Gasteiger partial charge in [-0.3, -0.25) is 9.69 Å². The maximum Gasteiger partial charge on any atom is 0.335 e. The smallest absolute Gasteiger partial charge is 0.335 e. The number of carboxylic acid groups (broad SMARTS) is 1. The molecule has 36 heavy (non-hydrogen) atoms. The summed E-state index contributed by atoms with van der Waals surface area (Å²) < 4.78 is 12.8. The molecule has 1 saturated heterocycles. The van der Waals surface area contributed by atoms with Gasteiger partial charge in [-0.15, -0.1) is 0 Å². The van der Waals surface area contributed by atoms with Crippen LogP contribution in [0.5, 0.6) is 11.5 Å². The van der Waals surface area contributed by atoms with Gasteiger partial charge in [0.15, 0.2) is 16.7 Å². The summed E-state index contributed by atoms with van der Waals surface area (Å²) in [5.41, 5.74) is 2.41. The number of carbonyl (C=O) groups is 2. The number of benzene rings is 3. The van der Waals surface area contributed by atoms with Crippen molar-refractivity contribution in [2.75, 3.05) is 13.7 Å². The lowest BCUT2D eigenvalue weighted by molar-refractivity contribution is -0.121. The molecule has 0 atom stereocenters. The second-order valence-corrected chi connectivity index (χ2v) is 9.70. The number of thioether (sulfide) groups is 1. The summed E-state index contributed by atoms with van der Waals surface area (Å²) in [4.78, 5) is 30.5. The van der Waals surface area contributed by atoms with Crippen molar-refractivity contribution in [2.24, 2.45) is 4.99 Å². The van der Waals surface area contributed by atoms with Crippen LogP contribution in [0.15, 0.2) is 81.1 Å². The maximum absolute atomic E-state index is 12.8. The molecule has 7 nitrogen and oxygen atoms in total. The number of nitrogens with zero attached hydrogens (tertiary/aromatic N) is 2. The summed E-state index contributed by atoms with van der Waals surface area (Å²) in [5, 5.41) is 9.67. The van der Waals surface area contributed by atoms with E-state index < -0.39 is 5.97 Å². The molecule has 0 saturated carbocycles. The van der Waals surface area contributed by atoms with Crippen LogP contribution in [-0.2, 0) is 11.4 Å². The highest BCUT2D eigenvalue weighted by Crippen LogP contribution is 2.35. The third-order valence-corrected chi connectivity index (χ3v) is 6.78. The van der Waals surface area contributed by atoms with Crippen LogP contribution in [0.25, 0.3) is 6.08 Å². The van der Waals surface area contributed by atoms with E-state index in [1.54, 1.807) is 25.3 Å². The Morgan fingerprint density at radius 2 is 1.86 bits per heavy atom. The van der Waals surface area contributed by atoms with Gasteiger partial charge in [-0.05, 0) is 78.4 Å². The highest BCUT2D eigenvalue weighted by Gasteiger charge is 2.30. The van der Waals surface area contributed by atoms with Crippen molar-refractivity contribution < 1.29 is 24.2 Å². The SMILES string of the molecule is CCOc1cc(/C=C2\SC(=Nc3cccc(C(=O)O)c3)N(C)C2=O)ccc1OCc1ccc(Br)cc1. The fourth-order valence-electron chi connectivity index (χ4n) is 3.37. The molecule has 184 valence electrons. The van der Waals surface area contributed by atoms with E-state index in [4.69, 9.17) is 9.47 Å². The highest BCUT2D eigenvalue weighted by molar-refractivity contribution is 9.10.